The Kier molecular flexibility index (Phi) is 2.77. The van der Waals surface area contributed by atoms with Gasteiger partial charge in [0.1, 0.15) is 11.4 Å². The Morgan fingerprint density at radius 3 is 2.70 bits per heavy atom. The molecule has 0 aromatic carbocycles. The minimum absolute atomic E-state index is 0.166. The largest absolute Gasteiger partial charge is 0.453 e. The third kappa shape index (κ3) is 2.16. The van der Waals surface area contributed by atoms with Gasteiger partial charge in [-0.1, -0.05) is 0 Å². The second-order valence-corrected chi connectivity index (χ2v) is 5.09. The summed E-state index contributed by atoms with van der Waals surface area (Å²) in [6.45, 7) is 1.79. The van der Waals surface area contributed by atoms with Crippen LogP contribution in [-0.2, 0) is 0 Å². The number of aromatic amines is 3. The number of nitrogens with zero attached hydrogens (tertiary/aromatic N) is 2. The smallest absolute Gasteiger partial charge is 0.326 e. The van der Waals surface area contributed by atoms with Crippen molar-refractivity contribution in [3.63, 3.8) is 0 Å². The molecule has 0 atom stereocenters. The number of H-pyrrole nitrogens is 3. The van der Waals surface area contributed by atoms with Crippen LogP contribution in [0.15, 0.2) is 44.5 Å². The van der Waals surface area contributed by atoms with Crippen LogP contribution < -0.4 is 11.2 Å². The SMILES string of the molecule is Cc1cc(-c2ccc(-c3ccn[nH]3)o2)nc2c(=O)[nH]c(=O)[nH]c12. The fraction of sp³-hybridized carbons (Fsp3) is 0.0667. The van der Waals surface area contributed by atoms with Crippen molar-refractivity contribution in [3.8, 4) is 22.9 Å². The predicted molar refractivity (Wildman–Crippen MR) is 83.0 cm³/mol. The average molecular weight is 309 g/mol. The molecule has 4 aromatic rings. The first-order valence-corrected chi connectivity index (χ1v) is 6.86. The fourth-order valence-corrected chi connectivity index (χ4v) is 2.44. The summed E-state index contributed by atoms with van der Waals surface area (Å²) >= 11 is 0. The summed E-state index contributed by atoms with van der Waals surface area (Å²) in [6.07, 6.45) is 1.63. The van der Waals surface area contributed by atoms with E-state index in [2.05, 4.69) is 25.1 Å². The van der Waals surface area contributed by atoms with Gasteiger partial charge in [0.2, 0.25) is 0 Å². The number of furan rings is 1. The highest BCUT2D eigenvalue weighted by Gasteiger charge is 2.13. The van der Waals surface area contributed by atoms with Crippen molar-refractivity contribution >= 4 is 11.0 Å². The van der Waals surface area contributed by atoms with Crippen molar-refractivity contribution in [2.45, 2.75) is 6.92 Å². The molecule has 4 heterocycles. The van der Waals surface area contributed by atoms with Crippen LogP contribution in [0.3, 0.4) is 0 Å². The molecule has 0 amide bonds. The van der Waals surface area contributed by atoms with Crippen LogP contribution in [0.5, 0.6) is 0 Å². The summed E-state index contributed by atoms with van der Waals surface area (Å²) in [5.74, 6) is 1.14. The van der Waals surface area contributed by atoms with E-state index in [1.165, 1.54) is 0 Å². The van der Waals surface area contributed by atoms with Crippen molar-refractivity contribution in [1.29, 1.82) is 0 Å². The molecule has 0 saturated heterocycles. The van der Waals surface area contributed by atoms with Crippen LogP contribution in [0.2, 0.25) is 0 Å². The van der Waals surface area contributed by atoms with E-state index in [0.717, 1.165) is 11.3 Å². The van der Waals surface area contributed by atoms with Crippen LogP contribution in [0.1, 0.15) is 5.56 Å². The lowest BCUT2D eigenvalue weighted by Gasteiger charge is -2.03. The normalized spacial score (nSPS) is 11.2. The maximum absolute atomic E-state index is 11.9. The van der Waals surface area contributed by atoms with E-state index < -0.39 is 11.2 Å². The molecule has 4 rings (SSSR count). The molecular formula is C15H11N5O3. The molecule has 0 bridgehead atoms. The van der Waals surface area contributed by atoms with Gasteiger partial charge in [-0.05, 0) is 36.8 Å². The Morgan fingerprint density at radius 1 is 1.09 bits per heavy atom. The molecule has 3 N–H and O–H groups in total. The zero-order chi connectivity index (χ0) is 16.0. The van der Waals surface area contributed by atoms with Crippen molar-refractivity contribution in [2.24, 2.45) is 0 Å². The quantitative estimate of drug-likeness (QED) is 0.519. The third-order valence-corrected chi connectivity index (χ3v) is 3.52. The third-order valence-electron chi connectivity index (χ3n) is 3.52. The summed E-state index contributed by atoms with van der Waals surface area (Å²) in [5, 5.41) is 6.69. The van der Waals surface area contributed by atoms with Crippen molar-refractivity contribution < 1.29 is 4.42 Å². The lowest BCUT2D eigenvalue weighted by Crippen LogP contribution is -2.23. The van der Waals surface area contributed by atoms with Gasteiger partial charge in [-0.3, -0.25) is 14.9 Å². The van der Waals surface area contributed by atoms with Crippen molar-refractivity contribution in [1.82, 2.24) is 25.1 Å². The van der Waals surface area contributed by atoms with E-state index >= 15 is 0 Å². The minimum atomic E-state index is -0.556. The Labute approximate surface area is 128 Å². The van der Waals surface area contributed by atoms with Gasteiger partial charge in [0.25, 0.3) is 5.56 Å². The molecule has 0 unspecified atom stereocenters. The van der Waals surface area contributed by atoms with E-state index in [9.17, 15) is 9.59 Å². The molecule has 0 radical (unpaired) electrons. The monoisotopic (exact) mass is 309 g/mol. The highest BCUT2D eigenvalue weighted by atomic mass is 16.3. The molecule has 8 nitrogen and oxygen atoms in total. The van der Waals surface area contributed by atoms with Crippen molar-refractivity contribution in [3.05, 3.63) is 56.9 Å². The van der Waals surface area contributed by atoms with E-state index in [1.807, 2.05) is 0 Å². The molecule has 0 aliphatic carbocycles. The Morgan fingerprint density at radius 2 is 1.91 bits per heavy atom. The highest BCUT2D eigenvalue weighted by molar-refractivity contribution is 5.79. The average Bonchev–Trinajstić information content (AvgIpc) is 3.19. The lowest BCUT2D eigenvalue weighted by atomic mass is 10.2. The van der Waals surface area contributed by atoms with Crippen LogP contribution in [-0.4, -0.2) is 25.1 Å². The number of aryl methyl sites for hydroxylation is 1. The molecule has 0 aliphatic heterocycles. The summed E-state index contributed by atoms with van der Waals surface area (Å²) in [6, 6.07) is 7.11. The molecule has 0 spiro atoms. The Balaban J connectivity index is 1.90. The maximum atomic E-state index is 11.9. The first-order valence-electron chi connectivity index (χ1n) is 6.86. The zero-order valence-electron chi connectivity index (χ0n) is 12.0. The number of hydrogen-bond acceptors (Lipinski definition) is 5. The molecule has 0 saturated carbocycles. The lowest BCUT2D eigenvalue weighted by molar-refractivity contribution is 0.592. The van der Waals surface area contributed by atoms with E-state index in [-0.39, 0.29) is 5.52 Å². The molecule has 114 valence electrons. The number of pyridine rings is 1. The molecule has 4 aromatic heterocycles. The van der Waals surface area contributed by atoms with Crippen LogP contribution >= 0.6 is 0 Å². The maximum Gasteiger partial charge on any atom is 0.326 e. The van der Waals surface area contributed by atoms with E-state index in [0.29, 0.717) is 22.7 Å². The summed E-state index contributed by atoms with van der Waals surface area (Å²) < 4.78 is 5.76. The Hall–Kier alpha value is -3.42. The van der Waals surface area contributed by atoms with Gasteiger partial charge < -0.3 is 9.40 Å². The van der Waals surface area contributed by atoms with Crippen LogP contribution in [0.4, 0.5) is 0 Å². The molecule has 23 heavy (non-hydrogen) atoms. The first kappa shape index (κ1) is 13.3. The Bertz CT molecular complexity index is 1120. The van der Waals surface area contributed by atoms with Gasteiger partial charge in [-0.15, -0.1) is 0 Å². The second kappa shape index (κ2) is 4.80. The molecule has 0 aliphatic rings. The summed E-state index contributed by atoms with van der Waals surface area (Å²) in [4.78, 5) is 32.4. The number of nitrogens with one attached hydrogen (secondary N) is 3. The first-order chi connectivity index (χ1) is 11.1. The highest BCUT2D eigenvalue weighted by Crippen LogP contribution is 2.27. The van der Waals surface area contributed by atoms with Gasteiger partial charge in [-0.25, -0.2) is 9.78 Å². The predicted octanol–water partition coefficient (Wildman–Crippen LogP) is 1.57. The number of rotatable bonds is 2. The molecule has 8 heteroatoms. The molecule has 0 fully saturated rings. The zero-order valence-corrected chi connectivity index (χ0v) is 12.0. The number of fused-ring (bicyclic) bond motifs is 1. The summed E-state index contributed by atoms with van der Waals surface area (Å²) in [5.41, 5.74) is 1.48. The fourth-order valence-electron chi connectivity index (χ4n) is 2.44. The van der Waals surface area contributed by atoms with E-state index in [4.69, 9.17) is 4.42 Å². The minimum Gasteiger partial charge on any atom is -0.453 e. The van der Waals surface area contributed by atoms with Crippen LogP contribution in [0.25, 0.3) is 33.9 Å². The number of hydrogen-bond donors (Lipinski definition) is 3. The standard InChI is InChI=1S/C15H11N5O3/c1-7-6-9(17-13-12(7)18-15(22)19-14(13)21)11-3-2-10(23-11)8-4-5-16-20-8/h2-6H,1H3,(H,16,20)(H2,18,19,21,22). The van der Waals surface area contributed by atoms with Crippen molar-refractivity contribution in [2.75, 3.05) is 0 Å². The van der Waals surface area contributed by atoms with E-state index in [1.54, 1.807) is 37.4 Å². The van der Waals surface area contributed by atoms with Gasteiger partial charge in [0.05, 0.1) is 5.52 Å². The van der Waals surface area contributed by atoms with Crippen LogP contribution in [0, 0.1) is 6.92 Å². The van der Waals surface area contributed by atoms with Gasteiger partial charge in [-0.2, -0.15) is 5.10 Å². The van der Waals surface area contributed by atoms with Gasteiger partial charge in [0.15, 0.2) is 17.0 Å². The topological polar surface area (TPSA) is 120 Å². The van der Waals surface area contributed by atoms with Gasteiger partial charge >= 0.3 is 5.69 Å². The second-order valence-electron chi connectivity index (χ2n) is 5.09. The molecular weight excluding hydrogens is 298 g/mol. The van der Waals surface area contributed by atoms with Gasteiger partial charge in [0, 0.05) is 6.20 Å². The summed E-state index contributed by atoms with van der Waals surface area (Å²) in [7, 11) is 0. The number of aromatic nitrogens is 5.